The molecule has 0 nitrogen and oxygen atoms in total. The van der Waals surface area contributed by atoms with Crippen molar-refractivity contribution >= 4 is 0 Å². The highest BCUT2D eigenvalue weighted by molar-refractivity contribution is 5.26. The molecule has 1 atom stereocenters. The third kappa shape index (κ3) is 3.37. The van der Waals surface area contributed by atoms with Crippen molar-refractivity contribution in [2.45, 2.75) is 52.4 Å². The third-order valence-electron chi connectivity index (χ3n) is 3.55. The van der Waals surface area contributed by atoms with Gasteiger partial charge in [0, 0.05) is 0 Å². The number of allylic oxidation sites excluding steroid dienone is 4. The SMILES string of the molecule is C=CC1=CCCCC1(C)CCCC(=C)C. The molecule has 1 aliphatic carbocycles. The normalized spacial score (nSPS) is 25.9. The van der Waals surface area contributed by atoms with Crippen molar-refractivity contribution in [2.75, 3.05) is 0 Å². The first-order valence-electron chi connectivity index (χ1n) is 6.06. The maximum absolute atomic E-state index is 3.96. The van der Waals surface area contributed by atoms with Crippen LogP contribution in [0.25, 0.3) is 0 Å². The molecule has 0 aliphatic heterocycles. The van der Waals surface area contributed by atoms with Gasteiger partial charge in [0.15, 0.2) is 0 Å². The second-order valence-electron chi connectivity index (χ2n) is 5.13. The van der Waals surface area contributed by atoms with E-state index < -0.39 is 0 Å². The lowest BCUT2D eigenvalue weighted by atomic mass is 9.71. The molecule has 0 heteroatoms. The van der Waals surface area contributed by atoms with E-state index in [0.29, 0.717) is 5.41 Å². The van der Waals surface area contributed by atoms with Crippen molar-refractivity contribution in [1.29, 1.82) is 0 Å². The Hall–Kier alpha value is -0.780. The van der Waals surface area contributed by atoms with Crippen LogP contribution in [-0.4, -0.2) is 0 Å². The van der Waals surface area contributed by atoms with Crippen LogP contribution in [0.3, 0.4) is 0 Å². The first kappa shape index (κ1) is 12.3. The quantitative estimate of drug-likeness (QED) is 0.551. The van der Waals surface area contributed by atoms with Gasteiger partial charge in [-0.15, -0.1) is 6.58 Å². The van der Waals surface area contributed by atoms with E-state index in [1.54, 1.807) is 0 Å². The minimum atomic E-state index is 0.384. The minimum Gasteiger partial charge on any atom is -0.100 e. The Balaban J connectivity index is 2.55. The lowest BCUT2D eigenvalue weighted by Gasteiger charge is -2.34. The molecule has 1 rings (SSSR count). The highest BCUT2D eigenvalue weighted by Gasteiger charge is 2.28. The van der Waals surface area contributed by atoms with Gasteiger partial charge in [-0.3, -0.25) is 0 Å². The van der Waals surface area contributed by atoms with E-state index in [9.17, 15) is 0 Å². The fourth-order valence-electron chi connectivity index (χ4n) is 2.52. The summed E-state index contributed by atoms with van der Waals surface area (Å²) in [6.07, 6.45) is 12.0. The minimum absolute atomic E-state index is 0.384. The van der Waals surface area contributed by atoms with E-state index in [0.717, 1.165) is 0 Å². The summed E-state index contributed by atoms with van der Waals surface area (Å²) in [7, 11) is 0. The number of rotatable bonds is 5. The monoisotopic (exact) mass is 204 g/mol. The van der Waals surface area contributed by atoms with Crippen LogP contribution in [0.4, 0.5) is 0 Å². The summed E-state index contributed by atoms with van der Waals surface area (Å²) >= 11 is 0. The summed E-state index contributed by atoms with van der Waals surface area (Å²) in [4.78, 5) is 0. The summed E-state index contributed by atoms with van der Waals surface area (Å²) in [5.41, 5.74) is 3.16. The standard InChI is InChI=1S/C15H24/c1-5-14-10-6-7-11-15(14,4)12-8-9-13(2)3/h5,10H,1-2,6-9,11-12H2,3-4H3. The lowest BCUT2D eigenvalue weighted by molar-refractivity contribution is 0.311. The van der Waals surface area contributed by atoms with Gasteiger partial charge in [-0.1, -0.05) is 31.2 Å². The first-order chi connectivity index (χ1) is 7.08. The zero-order valence-corrected chi connectivity index (χ0v) is 10.3. The largest absolute Gasteiger partial charge is 0.100 e. The zero-order valence-electron chi connectivity index (χ0n) is 10.3. The van der Waals surface area contributed by atoms with E-state index in [1.165, 1.54) is 49.7 Å². The molecule has 0 saturated heterocycles. The molecule has 84 valence electrons. The van der Waals surface area contributed by atoms with Gasteiger partial charge in [-0.25, -0.2) is 0 Å². The van der Waals surface area contributed by atoms with Crippen LogP contribution < -0.4 is 0 Å². The van der Waals surface area contributed by atoms with Crippen LogP contribution >= 0.6 is 0 Å². The van der Waals surface area contributed by atoms with E-state index in [4.69, 9.17) is 0 Å². The fraction of sp³-hybridized carbons (Fsp3) is 0.600. The summed E-state index contributed by atoms with van der Waals surface area (Å²) < 4.78 is 0. The lowest BCUT2D eigenvalue weighted by Crippen LogP contribution is -2.21. The Bertz CT molecular complexity index is 270. The van der Waals surface area contributed by atoms with Crippen molar-refractivity contribution in [3.05, 3.63) is 36.5 Å². The van der Waals surface area contributed by atoms with Gasteiger partial charge >= 0.3 is 0 Å². The second-order valence-corrected chi connectivity index (χ2v) is 5.13. The van der Waals surface area contributed by atoms with Gasteiger partial charge in [0.05, 0.1) is 0 Å². The first-order valence-corrected chi connectivity index (χ1v) is 6.06. The molecule has 15 heavy (non-hydrogen) atoms. The number of hydrogen-bond acceptors (Lipinski definition) is 0. The molecule has 0 aromatic heterocycles. The molecular weight excluding hydrogens is 180 g/mol. The second kappa shape index (κ2) is 5.34. The third-order valence-corrected chi connectivity index (χ3v) is 3.55. The topological polar surface area (TPSA) is 0 Å². The van der Waals surface area contributed by atoms with Crippen LogP contribution in [0.1, 0.15) is 52.4 Å². The van der Waals surface area contributed by atoms with Crippen molar-refractivity contribution in [1.82, 2.24) is 0 Å². The van der Waals surface area contributed by atoms with Gasteiger partial charge in [0.1, 0.15) is 0 Å². The summed E-state index contributed by atoms with van der Waals surface area (Å²) in [5, 5.41) is 0. The van der Waals surface area contributed by atoms with Gasteiger partial charge in [0.2, 0.25) is 0 Å². The summed E-state index contributed by atoms with van der Waals surface area (Å²) in [5.74, 6) is 0. The zero-order chi connectivity index (χ0) is 11.3. The van der Waals surface area contributed by atoms with Gasteiger partial charge in [-0.05, 0) is 56.4 Å². The molecule has 0 spiro atoms. The predicted octanol–water partition coefficient (Wildman–Crippen LogP) is 5.04. The molecule has 0 fully saturated rings. The Morgan fingerprint density at radius 2 is 2.33 bits per heavy atom. The van der Waals surface area contributed by atoms with E-state index in [2.05, 4.69) is 39.2 Å². The summed E-state index contributed by atoms with van der Waals surface area (Å²) in [6.45, 7) is 12.4. The molecule has 0 N–H and O–H groups in total. The van der Waals surface area contributed by atoms with Crippen LogP contribution in [0.2, 0.25) is 0 Å². The van der Waals surface area contributed by atoms with Crippen molar-refractivity contribution in [3.8, 4) is 0 Å². The molecule has 0 amide bonds. The molecule has 0 bridgehead atoms. The highest BCUT2D eigenvalue weighted by Crippen LogP contribution is 2.42. The molecule has 1 aliphatic rings. The Morgan fingerprint density at radius 1 is 1.60 bits per heavy atom. The molecule has 0 aromatic carbocycles. The van der Waals surface area contributed by atoms with Crippen molar-refractivity contribution < 1.29 is 0 Å². The molecule has 0 heterocycles. The smallest absolute Gasteiger partial charge is 0.00784 e. The van der Waals surface area contributed by atoms with E-state index in [1.807, 2.05) is 0 Å². The van der Waals surface area contributed by atoms with E-state index >= 15 is 0 Å². The van der Waals surface area contributed by atoms with Gasteiger partial charge in [0.25, 0.3) is 0 Å². The fourth-order valence-corrected chi connectivity index (χ4v) is 2.52. The van der Waals surface area contributed by atoms with Gasteiger partial charge < -0.3 is 0 Å². The Kier molecular flexibility index (Phi) is 4.38. The average Bonchev–Trinajstić information content (AvgIpc) is 2.17. The van der Waals surface area contributed by atoms with Crippen LogP contribution in [0, 0.1) is 5.41 Å². The predicted molar refractivity (Wildman–Crippen MR) is 68.9 cm³/mol. The molecule has 0 saturated carbocycles. The maximum atomic E-state index is 3.96. The highest BCUT2D eigenvalue weighted by atomic mass is 14.3. The van der Waals surface area contributed by atoms with Crippen LogP contribution in [0.5, 0.6) is 0 Å². The number of hydrogen-bond donors (Lipinski definition) is 0. The van der Waals surface area contributed by atoms with Gasteiger partial charge in [-0.2, -0.15) is 0 Å². The molecule has 0 radical (unpaired) electrons. The van der Waals surface area contributed by atoms with Crippen molar-refractivity contribution in [2.24, 2.45) is 5.41 Å². The maximum Gasteiger partial charge on any atom is -0.00784 e. The Morgan fingerprint density at radius 3 is 2.93 bits per heavy atom. The van der Waals surface area contributed by atoms with Crippen LogP contribution in [-0.2, 0) is 0 Å². The van der Waals surface area contributed by atoms with Crippen molar-refractivity contribution in [3.63, 3.8) is 0 Å². The average molecular weight is 204 g/mol. The summed E-state index contributed by atoms with van der Waals surface area (Å²) in [6, 6.07) is 0. The Labute approximate surface area is 94.8 Å². The molecule has 0 aromatic rings. The molecular formula is C15H24. The van der Waals surface area contributed by atoms with Crippen LogP contribution in [0.15, 0.2) is 36.5 Å². The van der Waals surface area contributed by atoms with E-state index in [-0.39, 0.29) is 0 Å². The molecule has 1 unspecified atom stereocenters.